The first-order valence-electron chi connectivity index (χ1n) is 11.0. The lowest BCUT2D eigenvalue weighted by molar-refractivity contribution is 0.366. The predicted molar refractivity (Wildman–Crippen MR) is 129 cm³/mol. The molecular weight excluding hydrogens is 336 g/mol. The Morgan fingerprint density at radius 2 is 0.857 bits per heavy atom. The second-order valence-corrected chi connectivity index (χ2v) is 13.8. The zero-order chi connectivity index (χ0) is 22.5. The minimum absolute atomic E-state index is 0.0912. The van der Waals surface area contributed by atoms with Gasteiger partial charge in [0.05, 0.1) is 0 Å². The fourth-order valence-electron chi connectivity index (χ4n) is 4.19. The Morgan fingerprint density at radius 3 is 1.07 bits per heavy atom. The maximum atomic E-state index is 2.54. The fourth-order valence-corrected chi connectivity index (χ4v) is 4.19. The molecule has 0 saturated heterocycles. The van der Waals surface area contributed by atoms with E-state index in [1.807, 2.05) is 0 Å². The average Bonchev–Trinajstić information content (AvgIpc) is 2.38. The predicted octanol–water partition coefficient (Wildman–Crippen LogP) is 9.05. The van der Waals surface area contributed by atoms with Gasteiger partial charge in [-0.25, -0.2) is 0 Å². The van der Waals surface area contributed by atoms with Gasteiger partial charge in [-0.2, -0.15) is 0 Å². The van der Waals surface area contributed by atoms with Gasteiger partial charge in [0.2, 0.25) is 0 Å². The summed E-state index contributed by atoms with van der Waals surface area (Å²) in [7, 11) is 0. The lowest BCUT2D eigenvalue weighted by atomic mass is 9.68. The van der Waals surface area contributed by atoms with Gasteiger partial charge in [0.15, 0.2) is 0 Å². The third-order valence-electron chi connectivity index (χ3n) is 5.57. The molecule has 0 atom stereocenters. The quantitative estimate of drug-likeness (QED) is 0.453. The normalized spacial score (nSPS) is 14.2. The number of benzene rings is 1. The highest BCUT2D eigenvalue weighted by Crippen LogP contribution is 2.44. The number of hydrogen-bond donors (Lipinski definition) is 0. The molecule has 1 rings (SSSR count). The Bertz CT molecular complexity index is 670. The average molecular weight is 385 g/mol. The smallest absolute Gasteiger partial charge is 0.0126 e. The summed E-state index contributed by atoms with van der Waals surface area (Å²) in [6.45, 7) is 35.2. The molecule has 0 spiro atoms. The Balaban J connectivity index is 4.14. The standard InChI is InChI=1S/C28H48/c1-24(2,3)19-16-21(25(4,5)6)20(22(17-19)26(7,8)9)18-23(27(10,11)12)28(13,14)15/h16-18H,1-15H3. The SMILES string of the molecule is CC(C)(C)C(=Cc1c(C(C)(C)C)cc(C(C)(C)C)cc1C(C)(C)C)C(C)(C)C. The van der Waals surface area contributed by atoms with Gasteiger partial charge in [-0.3, -0.25) is 0 Å². The lowest BCUT2D eigenvalue weighted by Crippen LogP contribution is -2.25. The second-order valence-electron chi connectivity index (χ2n) is 13.8. The van der Waals surface area contributed by atoms with Crippen molar-refractivity contribution in [1.29, 1.82) is 0 Å². The first kappa shape index (κ1) is 25.0. The van der Waals surface area contributed by atoms with E-state index in [1.54, 1.807) is 0 Å². The van der Waals surface area contributed by atoms with E-state index in [9.17, 15) is 0 Å². The van der Waals surface area contributed by atoms with Crippen molar-refractivity contribution in [2.45, 2.75) is 120 Å². The molecule has 0 amide bonds. The molecule has 1 aromatic rings. The summed E-state index contributed by atoms with van der Waals surface area (Å²) in [5.74, 6) is 0. The van der Waals surface area contributed by atoms with Crippen molar-refractivity contribution in [3.05, 3.63) is 40.0 Å². The van der Waals surface area contributed by atoms with Crippen molar-refractivity contribution >= 4 is 6.08 Å². The van der Waals surface area contributed by atoms with Crippen LogP contribution < -0.4 is 0 Å². The Kier molecular flexibility index (Phi) is 6.55. The molecule has 0 aromatic heterocycles. The summed E-state index contributed by atoms with van der Waals surface area (Å²) in [5, 5.41) is 0. The van der Waals surface area contributed by atoms with Crippen molar-refractivity contribution in [1.82, 2.24) is 0 Å². The van der Waals surface area contributed by atoms with E-state index in [0.717, 1.165) is 0 Å². The van der Waals surface area contributed by atoms with E-state index in [1.165, 1.54) is 27.8 Å². The van der Waals surface area contributed by atoms with Crippen LogP contribution in [-0.2, 0) is 16.2 Å². The molecule has 0 bridgehead atoms. The van der Waals surface area contributed by atoms with Crippen LogP contribution in [0.15, 0.2) is 17.7 Å². The summed E-state index contributed by atoms with van der Waals surface area (Å²) in [5.41, 5.74) is 7.91. The highest BCUT2D eigenvalue weighted by atomic mass is 14.4. The summed E-state index contributed by atoms with van der Waals surface area (Å²) >= 11 is 0. The van der Waals surface area contributed by atoms with Crippen LogP contribution in [-0.4, -0.2) is 0 Å². The van der Waals surface area contributed by atoms with Crippen molar-refractivity contribution in [2.75, 3.05) is 0 Å². The van der Waals surface area contributed by atoms with Crippen molar-refractivity contribution in [2.24, 2.45) is 10.8 Å². The molecule has 0 unspecified atom stereocenters. The van der Waals surface area contributed by atoms with E-state index in [4.69, 9.17) is 0 Å². The molecule has 0 heterocycles. The van der Waals surface area contributed by atoms with Crippen LogP contribution >= 0.6 is 0 Å². The van der Waals surface area contributed by atoms with E-state index < -0.39 is 0 Å². The van der Waals surface area contributed by atoms with Crippen molar-refractivity contribution < 1.29 is 0 Å². The van der Waals surface area contributed by atoms with Crippen molar-refractivity contribution in [3.8, 4) is 0 Å². The molecule has 0 radical (unpaired) electrons. The van der Waals surface area contributed by atoms with Crippen LogP contribution in [0.5, 0.6) is 0 Å². The summed E-state index contributed by atoms with van der Waals surface area (Å²) in [6.07, 6.45) is 2.54. The Morgan fingerprint density at radius 1 is 0.536 bits per heavy atom. The van der Waals surface area contributed by atoms with Gasteiger partial charge in [0.1, 0.15) is 0 Å². The minimum Gasteiger partial charge on any atom is -0.0589 e. The molecule has 0 aliphatic carbocycles. The van der Waals surface area contributed by atoms with Gasteiger partial charge in [-0.15, -0.1) is 0 Å². The molecule has 0 N–H and O–H groups in total. The summed E-state index contributed by atoms with van der Waals surface area (Å²) < 4.78 is 0. The van der Waals surface area contributed by atoms with E-state index in [2.05, 4.69) is 122 Å². The van der Waals surface area contributed by atoms with Gasteiger partial charge in [0, 0.05) is 0 Å². The van der Waals surface area contributed by atoms with Crippen LogP contribution in [0.4, 0.5) is 0 Å². The molecule has 1 aromatic carbocycles. The molecule has 0 heteroatoms. The van der Waals surface area contributed by atoms with Gasteiger partial charge < -0.3 is 0 Å². The van der Waals surface area contributed by atoms with Crippen LogP contribution in [0.1, 0.15) is 126 Å². The van der Waals surface area contributed by atoms with Crippen LogP contribution in [0.2, 0.25) is 0 Å². The first-order chi connectivity index (χ1) is 12.1. The van der Waals surface area contributed by atoms with Crippen LogP contribution in [0, 0.1) is 10.8 Å². The maximum absolute atomic E-state index is 2.54. The number of allylic oxidation sites excluding steroid dienone is 1. The molecule has 0 fully saturated rings. The Hall–Kier alpha value is -1.04. The molecule has 0 aliphatic rings. The molecular formula is C28H48. The monoisotopic (exact) mass is 384 g/mol. The topological polar surface area (TPSA) is 0 Å². The Labute approximate surface area is 177 Å². The zero-order valence-corrected chi connectivity index (χ0v) is 21.7. The van der Waals surface area contributed by atoms with Gasteiger partial charge in [0.25, 0.3) is 0 Å². The third-order valence-corrected chi connectivity index (χ3v) is 5.57. The lowest BCUT2D eigenvalue weighted by Gasteiger charge is -2.37. The van der Waals surface area contributed by atoms with Crippen molar-refractivity contribution in [3.63, 3.8) is 0 Å². The van der Waals surface area contributed by atoms with E-state index in [-0.39, 0.29) is 27.1 Å². The molecule has 0 nitrogen and oxygen atoms in total. The number of hydrogen-bond acceptors (Lipinski definition) is 0. The summed E-state index contributed by atoms with van der Waals surface area (Å²) in [6, 6.07) is 4.95. The van der Waals surface area contributed by atoms with E-state index in [0.29, 0.717) is 0 Å². The molecule has 28 heavy (non-hydrogen) atoms. The maximum Gasteiger partial charge on any atom is -0.0126 e. The third kappa shape index (κ3) is 5.98. The number of rotatable bonds is 1. The first-order valence-corrected chi connectivity index (χ1v) is 11.0. The fraction of sp³-hybridized carbons (Fsp3) is 0.714. The second kappa shape index (κ2) is 7.33. The van der Waals surface area contributed by atoms with E-state index >= 15 is 0 Å². The molecule has 160 valence electrons. The largest absolute Gasteiger partial charge is 0.0589 e. The highest BCUT2D eigenvalue weighted by molar-refractivity contribution is 5.66. The van der Waals surface area contributed by atoms with Gasteiger partial charge in [-0.1, -0.05) is 128 Å². The van der Waals surface area contributed by atoms with Gasteiger partial charge >= 0.3 is 0 Å². The summed E-state index contributed by atoms with van der Waals surface area (Å²) in [4.78, 5) is 0. The van der Waals surface area contributed by atoms with Crippen LogP contribution in [0.3, 0.4) is 0 Å². The molecule has 0 aliphatic heterocycles. The molecule has 0 saturated carbocycles. The minimum atomic E-state index is 0.0912. The highest BCUT2D eigenvalue weighted by Gasteiger charge is 2.32. The zero-order valence-electron chi connectivity index (χ0n) is 21.7. The van der Waals surface area contributed by atoms with Crippen LogP contribution in [0.25, 0.3) is 6.08 Å². The van der Waals surface area contributed by atoms with Gasteiger partial charge in [-0.05, 0) is 49.3 Å².